The van der Waals surface area contributed by atoms with Crippen LogP contribution < -0.4 is 0 Å². The Morgan fingerprint density at radius 1 is 1.36 bits per heavy atom. The number of hydrogen-bond donors (Lipinski definition) is 0. The van der Waals surface area contributed by atoms with E-state index < -0.39 is 0 Å². The third-order valence-electron chi connectivity index (χ3n) is 4.25. The van der Waals surface area contributed by atoms with Crippen LogP contribution in [0.25, 0.3) is 0 Å². The van der Waals surface area contributed by atoms with Crippen LogP contribution >= 0.6 is 0 Å². The summed E-state index contributed by atoms with van der Waals surface area (Å²) in [6.07, 6.45) is 13.1. The lowest BCUT2D eigenvalue weighted by atomic mass is 10.0. The van der Waals surface area contributed by atoms with Crippen molar-refractivity contribution in [3.63, 3.8) is 0 Å². The molecular formula is C16H19N5O. The van der Waals surface area contributed by atoms with Gasteiger partial charge in [0.1, 0.15) is 0 Å². The Morgan fingerprint density at radius 2 is 2.14 bits per heavy atom. The number of terminal acetylenes is 1. The number of likely N-dealkylation sites (tertiary alicyclic amines) is 1. The maximum Gasteiger partial charge on any atom is 0.223 e. The maximum atomic E-state index is 12.5. The predicted octanol–water partition coefficient (Wildman–Crippen LogP) is 2.50. The van der Waals surface area contributed by atoms with Crippen LogP contribution in [0.15, 0.2) is 28.7 Å². The molecule has 6 heteroatoms. The summed E-state index contributed by atoms with van der Waals surface area (Å²) in [4.78, 5) is 23.0. The zero-order valence-electron chi connectivity index (χ0n) is 12.5. The van der Waals surface area contributed by atoms with Crippen molar-refractivity contribution in [3.8, 4) is 12.3 Å². The molecule has 1 fully saturated rings. The van der Waals surface area contributed by atoms with Gasteiger partial charge in [0.25, 0.3) is 0 Å². The highest BCUT2D eigenvalue weighted by Gasteiger charge is 2.40. The van der Waals surface area contributed by atoms with Crippen LogP contribution in [-0.2, 0) is 4.79 Å². The number of carbonyl (C=O) groups is 1. The Hall–Kier alpha value is -2.29. The van der Waals surface area contributed by atoms with E-state index in [-0.39, 0.29) is 17.6 Å². The van der Waals surface area contributed by atoms with E-state index in [4.69, 9.17) is 6.42 Å². The Bertz CT molecular complexity index is 601. The molecule has 0 aliphatic carbocycles. The van der Waals surface area contributed by atoms with Crippen molar-refractivity contribution in [2.75, 3.05) is 6.54 Å². The first-order valence-corrected chi connectivity index (χ1v) is 7.68. The standard InChI is InChI=1S/C16H19N5O/c1-2-3-8-16(19-20-16)9-7-14(22)21-12-4-6-13(21)15-17-10-5-11-18-15/h1,5,10-11,13H,3-4,6-9,12H2. The van der Waals surface area contributed by atoms with Gasteiger partial charge in [-0.2, -0.15) is 10.2 Å². The summed E-state index contributed by atoms with van der Waals surface area (Å²) >= 11 is 0. The Kier molecular flexibility index (Phi) is 4.14. The summed E-state index contributed by atoms with van der Waals surface area (Å²) in [5.41, 5.74) is -0.388. The molecule has 0 radical (unpaired) electrons. The minimum Gasteiger partial charge on any atom is -0.332 e. The molecule has 2 aliphatic heterocycles. The predicted molar refractivity (Wildman–Crippen MR) is 80.6 cm³/mol. The average molecular weight is 297 g/mol. The molecular weight excluding hydrogens is 278 g/mol. The molecule has 0 N–H and O–H groups in total. The van der Waals surface area contributed by atoms with Crippen molar-refractivity contribution in [3.05, 3.63) is 24.3 Å². The molecule has 3 rings (SSSR count). The molecule has 22 heavy (non-hydrogen) atoms. The first kappa shape index (κ1) is 14.6. The van der Waals surface area contributed by atoms with Gasteiger partial charge >= 0.3 is 0 Å². The molecule has 3 heterocycles. The van der Waals surface area contributed by atoms with Gasteiger partial charge in [-0.1, -0.05) is 0 Å². The van der Waals surface area contributed by atoms with Crippen molar-refractivity contribution in [2.24, 2.45) is 10.2 Å². The van der Waals surface area contributed by atoms with Crippen LogP contribution in [0.4, 0.5) is 0 Å². The summed E-state index contributed by atoms with van der Waals surface area (Å²) in [6, 6.07) is 1.79. The summed E-state index contributed by atoms with van der Waals surface area (Å²) < 4.78 is 0. The van der Waals surface area contributed by atoms with Crippen molar-refractivity contribution in [1.29, 1.82) is 0 Å². The summed E-state index contributed by atoms with van der Waals surface area (Å²) in [5.74, 6) is 3.47. The first-order chi connectivity index (χ1) is 10.7. The van der Waals surface area contributed by atoms with Crippen molar-refractivity contribution < 1.29 is 4.79 Å². The van der Waals surface area contributed by atoms with Crippen molar-refractivity contribution >= 4 is 5.91 Å². The molecule has 1 aromatic heterocycles. The van der Waals surface area contributed by atoms with Gasteiger partial charge in [0.15, 0.2) is 11.5 Å². The molecule has 2 aliphatic rings. The maximum absolute atomic E-state index is 12.5. The van der Waals surface area contributed by atoms with Crippen LogP contribution in [0, 0.1) is 12.3 Å². The highest BCUT2D eigenvalue weighted by Crippen LogP contribution is 2.38. The molecule has 6 nitrogen and oxygen atoms in total. The van der Waals surface area contributed by atoms with Gasteiger partial charge < -0.3 is 4.90 Å². The van der Waals surface area contributed by atoms with Crippen LogP contribution in [-0.4, -0.2) is 33.0 Å². The monoisotopic (exact) mass is 297 g/mol. The highest BCUT2D eigenvalue weighted by atomic mass is 16.2. The van der Waals surface area contributed by atoms with E-state index in [1.54, 1.807) is 18.5 Å². The third kappa shape index (κ3) is 3.14. The number of nitrogens with zero attached hydrogens (tertiary/aromatic N) is 5. The van der Waals surface area contributed by atoms with Crippen LogP contribution in [0.3, 0.4) is 0 Å². The fourth-order valence-corrected chi connectivity index (χ4v) is 2.94. The van der Waals surface area contributed by atoms with Crippen LogP contribution in [0.2, 0.25) is 0 Å². The van der Waals surface area contributed by atoms with Gasteiger partial charge in [-0.3, -0.25) is 4.79 Å². The SMILES string of the molecule is C#CCCC1(CCC(=O)N2CCCC2c2ncccn2)N=N1. The van der Waals surface area contributed by atoms with E-state index in [1.165, 1.54) is 0 Å². The Morgan fingerprint density at radius 3 is 2.82 bits per heavy atom. The quantitative estimate of drug-likeness (QED) is 0.757. The van der Waals surface area contributed by atoms with Crippen molar-refractivity contribution in [2.45, 2.75) is 50.2 Å². The lowest BCUT2D eigenvalue weighted by Gasteiger charge is -2.24. The van der Waals surface area contributed by atoms with Gasteiger partial charge in [-0.05, 0) is 18.9 Å². The average Bonchev–Trinajstić information content (AvgIpc) is 3.16. The lowest BCUT2D eigenvalue weighted by molar-refractivity contribution is -0.132. The summed E-state index contributed by atoms with van der Waals surface area (Å²) in [5, 5.41) is 8.16. The molecule has 1 unspecified atom stereocenters. The molecule has 0 aromatic carbocycles. The minimum atomic E-state index is -0.388. The van der Waals surface area contributed by atoms with E-state index in [0.29, 0.717) is 19.3 Å². The third-order valence-corrected chi connectivity index (χ3v) is 4.25. The lowest BCUT2D eigenvalue weighted by Crippen LogP contribution is -2.32. The Balaban J connectivity index is 1.57. The van der Waals surface area contributed by atoms with Gasteiger partial charge in [0.05, 0.1) is 6.04 Å². The van der Waals surface area contributed by atoms with E-state index in [0.717, 1.165) is 31.6 Å². The zero-order valence-corrected chi connectivity index (χ0v) is 12.5. The number of aromatic nitrogens is 2. The largest absolute Gasteiger partial charge is 0.332 e. The minimum absolute atomic E-state index is 0.00318. The van der Waals surface area contributed by atoms with Crippen molar-refractivity contribution in [1.82, 2.24) is 14.9 Å². The van der Waals surface area contributed by atoms with Gasteiger partial charge in [-0.15, -0.1) is 12.3 Å². The van der Waals surface area contributed by atoms with E-state index in [1.807, 2.05) is 4.90 Å². The fraction of sp³-hybridized carbons (Fsp3) is 0.562. The van der Waals surface area contributed by atoms with E-state index in [2.05, 4.69) is 26.1 Å². The van der Waals surface area contributed by atoms with E-state index in [9.17, 15) is 4.79 Å². The molecule has 0 bridgehead atoms. The summed E-state index contributed by atoms with van der Waals surface area (Å²) in [7, 11) is 0. The Labute approximate surface area is 130 Å². The molecule has 1 aromatic rings. The normalized spacial score (nSPS) is 21.6. The number of carbonyl (C=O) groups excluding carboxylic acids is 1. The second kappa shape index (κ2) is 6.22. The summed E-state index contributed by atoms with van der Waals surface area (Å²) in [6.45, 7) is 0.771. The van der Waals surface area contributed by atoms with Gasteiger partial charge in [0, 0.05) is 44.6 Å². The second-order valence-electron chi connectivity index (χ2n) is 5.74. The fourth-order valence-electron chi connectivity index (χ4n) is 2.94. The number of hydrogen-bond acceptors (Lipinski definition) is 5. The highest BCUT2D eigenvalue weighted by molar-refractivity contribution is 5.77. The van der Waals surface area contributed by atoms with Crippen LogP contribution in [0.1, 0.15) is 50.4 Å². The number of amides is 1. The molecule has 1 saturated heterocycles. The zero-order chi connectivity index (χ0) is 15.4. The molecule has 114 valence electrons. The van der Waals surface area contributed by atoms with Gasteiger partial charge in [0.2, 0.25) is 5.91 Å². The van der Waals surface area contributed by atoms with E-state index >= 15 is 0 Å². The topological polar surface area (TPSA) is 70.8 Å². The van der Waals surface area contributed by atoms with Crippen LogP contribution in [0.5, 0.6) is 0 Å². The van der Waals surface area contributed by atoms with Gasteiger partial charge in [-0.25, -0.2) is 9.97 Å². The first-order valence-electron chi connectivity index (χ1n) is 7.68. The molecule has 1 atom stereocenters. The molecule has 0 saturated carbocycles. The second-order valence-corrected chi connectivity index (χ2v) is 5.74. The molecule has 0 spiro atoms. The molecule has 1 amide bonds. The number of rotatable bonds is 6. The smallest absolute Gasteiger partial charge is 0.223 e.